The van der Waals surface area contributed by atoms with E-state index in [1.54, 1.807) is 0 Å². The number of hydrogen-bond donors (Lipinski definition) is 1. The molecule has 0 fully saturated rings. The number of non-ortho nitro benzene ring substituents is 1. The Morgan fingerprint density at radius 1 is 1.41 bits per heavy atom. The fourth-order valence-electron chi connectivity index (χ4n) is 1.76. The Balaban J connectivity index is 2.76. The number of nitro groups is 1. The Labute approximate surface area is 125 Å². The first-order valence-corrected chi connectivity index (χ1v) is 7.00. The van der Waals surface area contributed by atoms with Crippen molar-refractivity contribution >= 4 is 32.2 Å². The maximum atomic E-state index is 12.8. The minimum absolute atomic E-state index is 0.128. The Bertz CT molecular complexity index is 789. The standard InChI is InChI=1S/C12H10F3N3O3S/c1-2-3-16-11-17-10(19)7-4-6(12(13,14)15)5-8(18(20)21)9(7)22-11/h4-5H,2-3H2,1H3,(H,16,17,19). The van der Waals surface area contributed by atoms with Crippen molar-refractivity contribution in [3.63, 3.8) is 0 Å². The second-order valence-electron chi connectivity index (χ2n) is 4.38. The van der Waals surface area contributed by atoms with Crippen molar-refractivity contribution in [1.82, 2.24) is 4.98 Å². The fourth-order valence-corrected chi connectivity index (χ4v) is 2.75. The van der Waals surface area contributed by atoms with Gasteiger partial charge in [-0.2, -0.15) is 18.2 Å². The first-order chi connectivity index (χ1) is 10.2. The van der Waals surface area contributed by atoms with Gasteiger partial charge in [0.25, 0.3) is 11.2 Å². The molecule has 6 nitrogen and oxygen atoms in total. The number of nitrogens with one attached hydrogen (secondary N) is 1. The Morgan fingerprint density at radius 3 is 2.64 bits per heavy atom. The maximum Gasteiger partial charge on any atom is 0.416 e. The first-order valence-electron chi connectivity index (χ1n) is 6.18. The molecule has 2 rings (SSSR count). The second-order valence-corrected chi connectivity index (χ2v) is 5.38. The van der Waals surface area contributed by atoms with Crippen molar-refractivity contribution in [3.8, 4) is 0 Å². The average Bonchev–Trinajstić information content (AvgIpc) is 2.43. The number of hydrogen-bond acceptors (Lipinski definition) is 6. The number of nitro benzene ring substituents is 1. The number of nitrogens with zero attached hydrogens (tertiary/aromatic N) is 2. The van der Waals surface area contributed by atoms with E-state index in [1.165, 1.54) is 0 Å². The highest BCUT2D eigenvalue weighted by molar-refractivity contribution is 7.22. The second kappa shape index (κ2) is 5.87. The third kappa shape index (κ3) is 3.16. The quantitative estimate of drug-likeness (QED) is 0.684. The van der Waals surface area contributed by atoms with E-state index >= 15 is 0 Å². The molecule has 1 aromatic carbocycles. The first kappa shape index (κ1) is 16.1. The minimum Gasteiger partial charge on any atom is -0.361 e. The van der Waals surface area contributed by atoms with Crippen LogP contribution in [-0.2, 0) is 6.18 Å². The lowest BCUT2D eigenvalue weighted by atomic mass is 10.1. The van der Waals surface area contributed by atoms with Crippen LogP contribution in [-0.4, -0.2) is 16.5 Å². The summed E-state index contributed by atoms with van der Waals surface area (Å²) in [6.07, 6.45) is -4.05. The van der Waals surface area contributed by atoms with Crippen LogP contribution in [0, 0.1) is 10.1 Å². The Kier molecular flexibility index (Phi) is 4.31. The summed E-state index contributed by atoms with van der Waals surface area (Å²) in [5.41, 5.74) is -2.93. The predicted octanol–water partition coefficient (Wildman–Crippen LogP) is 3.41. The van der Waals surface area contributed by atoms with Crippen LogP contribution in [0.1, 0.15) is 18.9 Å². The Morgan fingerprint density at radius 2 is 2.09 bits per heavy atom. The highest BCUT2D eigenvalue weighted by atomic mass is 32.1. The Hall–Kier alpha value is -2.23. The van der Waals surface area contributed by atoms with Crippen LogP contribution in [0.25, 0.3) is 10.1 Å². The van der Waals surface area contributed by atoms with Crippen LogP contribution in [0.15, 0.2) is 16.9 Å². The van der Waals surface area contributed by atoms with Gasteiger partial charge in [-0.25, -0.2) is 0 Å². The minimum atomic E-state index is -4.78. The normalized spacial score (nSPS) is 11.6. The number of fused-ring (bicyclic) bond motifs is 1. The highest BCUT2D eigenvalue weighted by Crippen LogP contribution is 2.37. The maximum absolute atomic E-state index is 12.8. The largest absolute Gasteiger partial charge is 0.416 e. The SMILES string of the molecule is CCCNc1nc(=O)c2cc(C(F)(F)F)cc([N+](=O)[O-])c2s1. The molecule has 0 radical (unpaired) electrons. The van der Waals surface area contributed by atoms with Gasteiger partial charge in [-0.15, -0.1) is 0 Å². The molecule has 0 spiro atoms. The summed E-state index contributed by atoms with van der Waals surface area (Å²) in [4.78, 5) is 25.6. The van der Waals surface area contributed by atoms with Crippen molar-refractivity contribution in [1.29, 1.82) is 0 Å². The number of benzene rings is 1. The smallest absolute Gasteiger partial charge is 0.361 e. The van der Waals surface area contributed by atoms with Gasteiger partial charge in [-0.3, -0.25) is 14.9 Å². The van der Waals surface area contributed by atoms with Crippen molar-refractivity contribution in [2.75, 3.05) is 11.9 Å². The molecule has 0 atom stereocenters. The number of halogens is 3. The van der Waals surface area contributed by atoms with Gasteiger partial charge in [-0.1, -0.05) is 18.3 Å². The molecule has 118 valence electrons. The lowest BCUT2D eigenvalue weighted by molar-refractivity contribution is -0.383. The van der Waals surface area contributed by atoms with Crippen LogP contribution < -0.4 is 10.9 Å². The summed E-state index contributed by atoms with van der Waals surface area (Å²) in [5.74, 6) is 0. The summed E-state index contributed by atoms with van der Waals surface area (Å²) >= 11 is 0.784. The molecule has 0 bridgehead atoms. The molecule has 0 unspecified atom stereocenters. The molecule has 0 amide bonds. The monoisotopic (exact) mass is 333 g/mol. The van der Waals surface area contributed by atoms with E-state index in [1.807, 2.05) is 6.92 Å². The summed E-state index contributed by atoms with van der Waals surface area (Å²) in [5, 5.41) is 13.6. The zero-order valence-electron chi connectivity index (χ0n) is 11.2. The number of anilines is 1. The summed E-state index contributed by atoms with van der Waals surface area (Å²) in [6, 6.07) is 1.03. The number of aromatic nitrogens is 1. The fraction of sp³-hybridized carbons (Fsp3) is 0.333. The molecular formula is C12H10F3N3O3S. The molecule has 1 N–H and O–H groups in total. The zero-order valence-corrected chi connectivity index (χ0v) is 12.0. The number of rotatable bonds is 4. The highest BCUT2D eigenvalue weighted by Gasteiger charge is 2.34. The summed E-state index contributed by atoms with van der Waals surface area (Å²) in [7, 11) is 0. The molecule has 0 aliphatic rings. The van der Waals surface area contributed by atoms with E-state index in [0.29, 0.717) is 18.7 Å². The molecule has 2 aromatic rings. The van der Waals surface area contributed by atoms with E-state index in [9.17, 15) is 28.1 Å². The average molecular weight is 333 g/mol. The lowest BCUT2D eigenvalue weighted by Gasteiger charge is -2.09. The van der Waals surface area contributed by atoms with E-state index in [2.05, 4.69) is 10.3 Å². The third-order valence-corrected chi connectivity index (χ3v) is 3.81. The van der Waals surface area contributed by atoms with Crippen LogP contribution in [0.2, 0.25) is 0 Å². The van der Waals surface area contributed by atoms with Crippen molar-refractivity contribution < 1.29 is 18.1 Å². The predicted molar refractivity (Wildman–Crippen MR) is 76.3 cm³/mol. The summed E-state index contributed by atoms with van der Waals surface area (Å²) in [6.45, 7) is 2.36. The van der Waals surface area contributed by atoms with Gasteiger partial charge >= 0.3 is 6.18 Å². The van der Waals surface area contributed by atoms with Crippen molar-refractivity contribution in [2.24, 2.45) is 0 Å². The van der Waals surface area contributed by atoms with Gasteiger partial charge in [0, 0.05) is 12.6 Å². The topological polar surface area (TPSA) is 85.1 Å². The van der Waals surface area contributed by atoms with Gasteiger partial charge in [0.1, 0.15) is 4.70 Å². The number of alkyl halides is 3. The van der Waals surface area contributed by atoms with Crippen molar-refractivity contribution in [3.05, 3.63) is 38.2 Å². The molecule has 1 aromatic heterocycles. The van der Waals surface area contributed by atoms with Crippen LogP contribution >= 0.6 is 11.3 Å². The van der Waals surface area contributed by atoms with Gasteiger partial charge in [0.15, 0.2) is 5.13 Å². The third-order valence-electron chi connectivity index (χ3n) is 2.75. The molecule has 1 heterocycles. The molecule has 10 heteroatoms. The molecule has 0 aliphatic carbocycles. The van der Waals surface area contributed by atoms with Crippen molar-refractivity contribution in [2.45, 2.75) is 19.5 Å². The van der Waals surface area contributed by atoms with E-state index in [0.717, 1.165) is 17.8 Å². The molecular weight excluding hydrogens is 323 g/mol. The molecule has 0 saturated heterocycles. The summed E-state index contributed by atoms with van der Waals surface area (Å²) < 4.78 is 38.2. The molecule has 22 heavy (non-hydrogen) atoms. The van der Waals surface area contributed by atoms with Gasteiger partial charge in [0.05, 0.1) is 15.9 Å². The van der Waals surface area contributed by atoms with Crippen LogP contribution in [0.4, 0.5) is 24.0 Å². The van der Waals surface area contributed by atoms with Crippen LogP contribution in [0.5, 0.6) is 0 Å². The van der Waals surface area contributed by atoms with Crippen LogP contribution in [0.3, 0.4) is 0 Å². The molecule has 0 saturated carbocycles. The molecule has 0 aliphatic heterocycles. The van der Waals surface area contributed by atoms with Gasteiger partial charge in [0.2, 0.25) is 0 Å². The zero-order chi connectivity index (χ0) is 16.5. The van der Waals surface area contributed by atoms with Gasteiger partial charge in [-0.05, 0) is 12.5 Å². The van der Waals surface area contributed by atoms with E-state index < -0.39 is 33.3 Å². The van der Waals surface area contributed by atoms with E-state index in [4.69, 9.17) is 0 Å². The lowest BCUT2D eigenvalue weighted by Crippen LogP contribution is -2.13. The van der Waals surface area contributed by atoms with E-state index in [-0.39, 0.29) is 9.83 Å². The van der Waals surface area contributed by atoms with Gasteiger partial charge < -0.3 is 5.32 Å².